The van der Waals surface area contributed by atoms with Crippen molar-refractivity contribution >= 4 is 21.7 Å². The van der Waals surface area contributed by atoms with E-state index in [9.17, 15) is 4.39 Å². The van der Waals surface area contributed by atoms with Gasteiger partial charge in [0.05, 0.1) is 6.54 Å². The van der Waals surface area contributed by atoms with Crippen molar-refractivity contribution in [3.63, 3.8) is 0 Å². The largest absolute Gasteiger partial charge is 0.343 e. The van der Waals surface area contributed by atoms with Crippen LogP contribution in [0.25, 0.3) is 0 Å². The van der Waals surface area contributed by atoms with Crippen LogP contribution in [-0.4, -0.2) is 18.1 Å². The van der Waals surface area contributed by atoms with Gasteiger partial charge < -0.3 is 4.90 Å². The molecule has 0 radical (unpaired) electrons. The molecule has 0 N–H and O–H groups in total. The van der Waals surface area contributed by atoms with E-state index in [0.717, 1.165) is 6.54 Å². The maximum Gasteiger partial charge on any atom is 0.166 e. The third kappa shape index (κ3) is 2.73. The van der Waals surface area contributed by atoms with E-state index in [-0.39, 0.29) is 5.82 Å². The van der Waals surface area contributed by atoms with Crippen LogP contribution >= 0.6 is 15.9 Å². The minimum absolute atomic E-state index is 0.328. The molecule has 2 nitrogen and oxygen atoms in total. The monoisotopic (exact) mass is 282 g/mol. The van der Waals surface area contributed by atoms with Crippen LogP contribution < -0.4 is 4.90 Å². The molecule has 1 aliphatic rings. The van der Waals surface area contributed by atoms with Crippen molar-refractivity contribution in [2.24, 2.45) is 5.92 Å². The molecule has 2 rings (SSSR count). The summed E-state index contributed by atoms with van der Waals surface area (Å²) in [5, 5.41) is 0. The van der Waals surface area contributed by atoms with Crippen molar-refractivity contribution in [1.29, 1.82) is 0 Å². The summed E-state index contributed by atoms with van der Waals surface area (Å²) >= 11 is 3.19. The standard InChI is InChI=1S/C12H12BrFN2/c1-2-5-16(8-9-3-4-9)12-11(14)6-10(13)7-15-12/h1,6-7,9H,3-5,8H2. The van der Waals surface area contributed by atoms with Gasteiger partial charge in [-0.3, -0.25) is 0 Å². The molecule has 84 valence electrons. The zero-order valence-corrected chi connectivity index (χ0v) is 10.4. The Hall–Kier alpha value is -1.08. The molecule has 0 amide bonds. The fraction of sp³-hybridized carbons (Fsp3) is 0.417. The maximum atomic E-state index is 13.7. The van der Waals surface area contributed by atoms with Gasteiger partial charge in [0.1, 0.15) is 0 Å². The lowest BCUT2D eigenvalue weighted by Gasteiger charge is -2.21. The topological polar surface area (TPSA) is 16.1 Å². The van der Waals surface area contributed by atoms with Gasteiger partial charge in [-0.2, -0.15) is 0 Å². The lowest BCUT2D eigenvalue weighted by Crippen LogP contribution is -2.27. The van der Waals surface area contributed by atoms with E-state index >= 15 is 0 Å². The molecule has 0 atom stereocenters. The Labute approximate surface area is 103 Å². The van der Waals surface area contributed by atoms with Crippen molar-refractivity contribution in [3.05, 3.63) is 22.6 Å². The summed E-state index contributed by atoms with van der Waals surface area (Å²) in [5.74, 6) is 3.23. The van der Waals surface area contributed by atoms with Crippen LogP contribution in [0.2, 0.25) is 0 Å². The minimum Gasteiger partial charge on any atom is -0.343 e. The molecule has 1 aromatic rings. The molecule has 0 bridgehead atoms. The quantitative estimate of drug-likeness (QED) is 0.790. The molecule has 1 aromatic heterocycles. The fourth-order valence-corrected chi connectivity index (χ4v) is 1.89. The highest BCUT2D eigenvalue weighted by Gasteiger charge is 2.25. The summed E-state index contributed by atoms with van der Waals surface area (Å²) < 4.78 is 14.3. The summed E-state index contributed by atoms with van der Waals surface area (Å²) in [5.41, 5.74) is 0. The van der Waals surface area contributed by atoms with Crippen LogP contribution in [0.3, 0.4) is 0 Å². The Kier molecular flexibility index (Phi) is 3.45. The predicted molar refractivity (Wildman–Crippen MR) is 65.7 cm³/mol. The zero-order valence-electron chi connectivity index (χ0n) is 8.79. The fourth-order valence-electron chi connectivity index (χ4n) is 1.59. The number of terminal acetylenes is 1. The van der Waals surface area contributed by atoms with E-state index in [1.807, 2.05) is 4.90 Å². The van der Waals surface area contributed by atoms with E-state index in [4.69, 9.17) is 6.42 Å². The molecular formula is C12H12BrFN2. The first-order valence-corrected chi connectivity index (χ1v) is 5.99. The smallest absolute Gasteiger partial charge is 0.166 e. The normalized spacial score (nSPS) is 14.6. The number of hydrogen-bond acceptors (Lipinski definition) is 2. The van der Waals surface area contributed by atoms with Crippen LogP contribution in [0.5, 0.6) is 0 Å². The summed E-state index contributed by atoms with van der Waals surface area (Å²) in [6.45, 7) is 1.21. The summed E-state index contributed by atoms with van der Waals surface area (Å²) in [4.78, 5) is 5.92. The van der Waals surface area contributed by atoms with E-state index in [1.54, 1.807) is 6.20 Å². The van der Waals surface area contributed by atoms with Crippen molar-refractivity contribution in [1.82, 2.24) is 4.98 Å². The van der Waals surface area contributed by atoms with Crippen LogP contribution in [0.1, 0.15) is 12.8 Å². The second kappa shape index (κ2) is 4.84. The van der Waals surface area contributed by atoms with Gasteiger partial charge in [0.25, 0.3) is 0 Å². The number of halogens is 2. The van der Waals surface area contributed by atoms with E-state index in [2.05, 4.69) is 26.8 Å². The summed E-state index contributed by atoms with van der Waals surface area (Å²) in [6, 6.07) is 1.42. The van der Waals surface area contributed by atoms with Gasteiger partial charge in [0, 0.05) is 17.2 Å². The molecule has 4 heteroatoms. The van der Waals surface area contributed by atoms with Gasteiger partial charge in [0.15, 0.2) is 11.6 Å². The van der Waals surface area contributed by atoms with Gasteiger partial charge in [-0.1, -0.05) is 5.92 Å². The predicted octanol–water partition coefficient (Wildman–Crippen LogP) is 2.83. The summed E-state index contributed by atoms with van der Waals surface area (Å²) in [7, 11) is 0. The molecule has 1 aliphatic carbocycles. The maximum absolute atomic E-state index is 13.7. The molecule has 0 unspecified atom stereocenters. The highest BCUT2D eigenvalue weighted by Crippen LogP contribution is 2.31. The average Bonchev–Trinajstić information content (AvgIpc) is 3.01. The first-order valence-electron chi connectivity index (χ1n) is 5.20. The van der Waals surface area contributed by atoms with Crippen LogP contribution in [0, 0.1) is 24.1 Å². The second-order valence-corrected chi connectivity index (χ2v) is 4.90. The second-order valence-electron chi connectivity index (χ2n) is 3.99. The highest BCUT2D eigenvalue weighted by molar-refractivity contribution is 9.10. The molecule has 1 saturated carbocycles. The number of pyridine rings is 1. The molecule has 0 aromatic carbocycles. The van der Waals surface area contributed by atoms with Crippen LogP contribution in [0.15, 0.2) is 16.7 Å². The van der Waals surface area contributed by atoms with Gasteiger partial charge in [-0.05, 0) is 40.8 Å². The first-order chi connectivity index (χ1) is 7.70. The van der Waals surface area contributed by atoms with Crippen LogP contribution in [0.4, 0.5) is 10.2 Å². The molecule has 1 fully saturated rings. The number of rotatable bonds is 4. The van der Waals surface area contributed by atoms with Gasteiger partial charge in [-0.25, -0.2) is 9.37 Å². The average molecular weight is 283 g/mol. The number of anilines is 1. The molecular weight excluding hydrogens is 271 g/mol. The van der Waals surface area contributed by atoms with E-state index < -0.39 is 0 Å². The summed E-state index contributed by atoms with van der Waals surface area (Å²) in [6.07, 6.45) is 9.30. The number of hydrogen-bond donors (Lipinski definition) is 0. The lowest BCUT2D eigenvalue weighted by atomic mass is 10.3. The molecule has 0 saturated heterocycles. The Morgan fingerprint density at radius 2 is 2.38 bits per heavy atom. The Balaban J connectivity index is 2.19. The Bertz CT molecular complexity index is 424. The number of nitrogens with zero attached hydrogens (tertiary/aromatic N) is 2. The van der Waals surface area contributed by atoms with Gasteiger partial charge in [0.2, 0.25) is 0 Å². The third-order valence-electron chi connectivity index (χ3n) is 2.55. The van der Waals surface area contributed by atoms with E-state index in [1.165, 1.54) is 18.9 Å². The first kappa shape index (κ1) is 11.4. The molecule has 16 heavy (non-hydrogen) atoms. The third-order valence-corrected chi connectivity index (χ3v) is 2.98. The van der Waals surface area contributed by atoms with Gasteiger partial charge >= 0.3 is 0 Å². The van der Waals surface area contributed by atoms with Gasteiger partial charge in [-0.15, -0.1) is 6.42 Å². The minimum atomic E-state index is -0.328. The van der Waals surface area contributed by atoms with Crippen LogP contribution in [-0.2, 0) is 0 Å². The van der Waals surface area contributed by atoms with Crippen molar-refractivity contribution < 1.29 is 4.39 Å². The van der Waals surface area contributed by atoms with E-state index in [0.29, 0.717) is 22.8 Å². The van der Waals surface area contributed by atoms with Crippen molar-refractivity contribution in [3.8, 4) is 12.3 Å². The molecule has 0 aliphatic heterocycles. The van der Waals surface area contributed by atoms with Crippen molar-refractivity contribution in [2.45, 2.75) is 12.8 Å². The molecule has 0 spiro atoms. The zero-order chi connectivity index (χ0) is 11.5. The Morgan fingerprint density at radius 3 is 2.94 bits per heavy atom. The number of aromatic nitrogens is 1. The lowest BCUT2D eigenvalue weighted by molar-refractivity contribution is 0.607. The highest BCUT2D eigenvalue weighted by atomic mass is 79.9. The SMILES string of the molecule is C#CCN(CC1CC1)c1ncc(Br)cc1F. The van der Waals surface area contributed by atoms with Crippen molar-refractivity contribution in [2.75, 3.05) is 18.0 Å². The molecule has 1 heterocycles. The Morgan fingerprint density at radius 1 is 1.62 bits per heavy atom.